The molecule has 14 heteroatoms. The molecule has 2 aromatic heterocycles. The van der Waals surface area contributed by atoms with E-state index in [0.717, 1.165) is 8.64 Å². The molecule has 0 unspecified atom stereocenters. The lowest BCUT2D eigenvalue weighted by atomic mass is 10.2. The van der Waals surface area contributed by atoms with Gasteiger partial charge in [-0.05, 0) is 24.3 Å². The highest BCUT2D eigenvalue weighted by Crippen LogP contribution is 2.20. The Hall–Kier alpha value is -2.36. The van der Waals surface area contributed by atoms with Crippen molar-refractivity contribution >= 4 is 68.4 Å². The summed E-state index contributed by atoms with van der Waals surface area (Å²) in [4.78, 5) is 36.9. The van der Waals surface area contributed by atoms with Crippen LogP contribution < -0.4 is 10.9 Å². The van der Waals surface area contributed by atoms with Crippen molar-refractivity contribution < 1.29 is 9.59 Å². The van der Waals surface area contributed by atoms with E-state index in [1.165, 1.54) is 23.5 Å². The number of rotatable bonds is 7. The predicted molar refractivity (Wildman–Crippen MR) is 140 cm³/mol. The first-order valence-corrected chi connectivity index (χ1v) is 13.0. The quantitative estimate of drug-likeness (QED) is 0.505. The van der Waals surface area contributed by atoms with E-state index < -0.39 is 0 Å². The zero-order valence-corrected chi connectivity index (χ0v) is 21.3. The molecular formula is C20H22N8O2S4. The number of thioether (sulfide) groups is 2. The minimum atomic E-state index is -0.190. The van der Waals surface area contributed by atoms with Crippen molar-refractivity contribution in [2.75, 3.05) is 38.2 Å². The molecule has 2 amide bonds. The van der Waals surface area contributed by atoms with Crippen molar-refractivity contribution in [3.05, 3.63) is 60.2 Å². The second kappa shape index (κ2) is 11.9. The maximum absolute atomic E-state index is 12.5. The number of aromatic nitrogens is 2. The SMILES string of the molecule is O=C(NN1CSC(=S)N(CCN2CN(NC(=O)c3ccncc3)CSC2=S)C1)c1ccncc1. The van der Waals surface area contributed by atoms with Crippen LogP contribution in [0.2, 0.25) is 0 Å². The molecule has 0 spiro atoms. The van der Waals surface area contributed by atoms with Gasteiger partial charge in [0.25, 0.3) is 11.8 Å². The van der Waals surface area contributed by atoms with E-state index in [0.29, 0.717) is 49.3 Å². The van der Waals surface area contributed by atoms with E-state index >= 15 is 0 Å². The zero-order valence-electron chi connectivity index (χ0n) is 18.0. The van der Waals surface area contributed by atoms with Gasteiger partial charge in [0.1, 0.15) is 8.64 Å². The topological polar surface area (TPSA) is 96.9 Å². The first-order valence-electron chi connectivity index (χ1n) is 10.2. The van der Waals surface area contributed by atoms with Crippen molar-refractivity contribution in [2.24, 2.45) is 0 Å². The third-order valence-corrected chi connectivity index (χ3v) is 8.05. The van der Waals surface area contributed by atoms with Gasteiger partial charge in [-0.1, -0.05) is 48.0 Å². The van der Waals surface area contributed by atoms with E-state index in [1.54, 1.807) is 49.1 Å². The van der Waals surface area contributed by atoms with Crippen LogP contribution in [0.25, 0.3) is 0 Å². The standard InChI is InChI=1S/C20H22N8O2S4/c29-17(15-1-5-21-6-2-15)23-27-11-25(19(31)33-13-27)9-10-26-12-28(14-34-20(26)32)24-18(30)16-3-7-22-8-4-16/h1-8H,9-14H2,(H,23,29)(H,24,30). The van der Waals surface area contributed by atoms with Gasteiger partial charge in [0, 0.05) is 49.0 Å². The van der Waals surface area contributed by atoms with Gasteiger partial charge in [0.05, 0.1) is 25.1 Å². The Morgan fingerprint density at radius 3 is 1.53 bits per heavy atom. The number of carbonyl (C=O) groups excluding carboxylic acids is 2. The molecule has 4 rings (SSSR count). The largest absolute Gasteiger partial charge is 0.341 e. The van der Waals surface area contributed by atoms with E-state index in [-0.39, 0.29) is 11.8 Å². The summed E-state index contributed by atoms with van der Waals surface area (Å²) < 4.78 is 1.54. The van der Waals surface area contributed by atoms with Gasteiger partial charge in [0.2, 0.25) is 0 Å². The van der Waals surface area contributed by atoms with E-state index in [2.05, 4.69) is 20.8 Å². The van der Waals surface area contributed by atoms with E-state index in [4.69, 9.17) is 24.4 Å². The highest BCUT2D eigenvalue weighted by atomic mass is 32.2. The molecule has 2 N–H and O–H groups in total. The summed E-state index contributed by atoms with van der Waals surface area (Å²) in [6.45, 7) is 2.19. The first kappa shape index (κ1) is 24.8. The fraction of sp³-hybridized carbons (Fsp3) is 0.300. The Morgan fingerprint density at radius 1 is 0.765 bits per heavy atom. The molecular weight excluding hydrogens is 513 g/mol. The Bertz CT molecular complexity index is 962. The molecule has 0 saturated carbocycles. The van der Waals surface area contributed by atoms with E-state index in [9.17, 15) is 9.59 Å². The van der Waals surface area contributed by atoms with Crippen molar-refractivity contribution in [1.82, 2.24) is 40.6 Å². The Morgan fingerprint density at radius 2 is 1.15 bits per heavy atom. The molecule has 0 aliphatic carbocycles. The summed E-state index contributed by atoms with van der Waals surface area (Å²) in [5, 5.41) is 3.65. The van der Waals surface area contributed by atoms with Crippen molar-refractivity contribution in [3.8, 4) is 0 Å². The van der Waals surface area contributed by atoms with Gasteiger partial charge in [-0.3, -0.25) is 30.4 Å². The van der Waals surface area contributed by atoms with Gasteiger partial charge < -0.3 is 9.80 Å². The average Bonchev–Trinajstić information content (AvgIpc) is 2.87. The molecule has 178 valence electrons. The van der Waals surface area contributed by atoms with E-state index in [1.807, 2.05) is 19.8 Å². The number of carbonyl (C=O) groups is 2. The zero-order chi connectivity index (χ0) is 23.9. The second-order valence-electron chi connectivity index (χ2n) is 7.32. The molecule has 2 fully saturated rings. The van der Waals surface area contributed by atoms with Crippen LogP contribution in [0.15, 0.2) is 49.1 Å². The molecule has 34 heavy (non-hydrogen) atoms. The predicted octanol–water partition coefficient (Wildman–Crippen LogP) is 1.57. The molecule has 10 nitrogen and oxygen atoms in total. The number of thiocarbonyl (C=S) groups is 2. The van der Waals surface area contributed by atoms with Gasteiger partial charge in [-0.15, -0.1) is 0 Å². The second-order valence-corrected chi connectivity index (χ2v) is 10.5. The summed E-state index contributed by atoms with van der Waals surface area (Å²) in [6.07, 6.45) is 6.35. The highest BCUT2D eigenvalue weighted by Gasteiger charge is 2.27. The van der Waals surface area contributed by atoms with Crippen molar-refractivity contribution in [2.45, 2.75) is 0 Å². The lowest BCUT2D eigenvalue weighted by Crippen LogP contribution is -2.56. The molecule has 0 aromatic carbocycles. The van der Waals surface area contributed by atoms with Gasteiger partial charge in [-0.25, -0.2) is 0 Å². The fourth-order valence-corrected chi connectivity index (χ4v) is 5.28. The number of nitrogens with one attached hydrogen (secondary N) is 2. The minimum Gasteiger partial charge on any atom is -0.341 e. The number of amides is 2. The summed E-state index contributed by atoms with van der Waals surface area (Å²) in [5.41, 5.74) is 6.93. The van der Waals surface area contributed by atoms with Gasteiger partial charge in [-0.2, -0.15) is 10.0 Å². The van der Waals surface area contributed by atoms with Gasteiger partial charge in [0.15, 0.2) is 0 Å². The maximum atomic E-state index is 12.5. The third kappa shape index (κ3) is 6.61. The van der Waals surface area contributed by atoms with Crippen LogP contribution in [0.4, 0.5) is 0 Å². The maximum Gasteiger partial charge on any atom is 0.265 e. The van der Waals surface area contributed by atoms with Crippen molar-refractivity contribution in [1.29, 1.82) is 0 Å². The molecule has 0 atom stereocenters. The number of hydrogen-bond acceptors (Lipinski definition) is 10. The van der Waals surface area contributed by atoms with Crippen LogP contribution in [-0.2, 0) is 0 Å². The number of nitrogens with zero attached hydrogens (tertiary/aromatic N) is 6. The third-order valence-electron chi connectivity index (χ3n) is 4.93. The molecule has 0 radical (unpaired) electrons. The monoisotopic (exact) mass is 534 g/mol. The summed E-state index contributed by atoms with van der Waals surface area (Å²) >= 11 is 14.0. The van der Waals surface area contributed by atoms with Crippen LogP contribution in [0.3, 0.4) is 0 Å². The highest BCUT2D eigenvalue weighted by molar-refractivity contribution is 8.23. The normalized spacial score (nSPS) is 17.5. The molecule has 4 heterocycles. The Labute approximate surface area is 216 Å². The average molecular weight is 535 g/mol. The van der Waals surface area contributed by atoms with Gasteiger partial charge >= 0.3 is 0 Å². The van der Waals surface area contributed by atoms with Crippen LogP contribution in [0.5, 0.6) is 0 Å². The lowest BCUT2D eigenvalue weighted by Gasteiger charge is -2.40. The summed E-state index contributed by atoms with van der Waals surface area (Å²) in [7, 11) is 0. The van der Waals surface area contributed by atoms with Crippen molar-refractivity contribution in [3.63, 3.8) is 0 Å². The molecule has 0 bridgehead atoms. The molecule has 2 saturated heterocycles. The van der Waals surface area contributed by atoms with Crippen LogP contribution >= 0.6 is 48.0 Å². The van der Waals surface area contributed by atoms with Crippen LogP contribution in [0, 0.1) is 0 Å². The number of pyridine rings is 2. The molecule has 2 aliphatic heterocycles. The fourth-order valence-electron chi connectivity index (χ4n) is 3.18. The smallest absolute Gasteiger partial charge is 0.265 e. The number of hydrazine groups is 2. The summed E-state index contributed by atoms with van der Waals surface area (Å²) in [5.74, 6) is 0.757. The lowest BCUT2D eigenvalue weighted by molar-refractivity contribution is 0.0704. The minimum absolute atomic E-state index is 0.190. The Kier molecular flexibility index (Phi) is 8.64. The molecule has 2 aliphatic rings. The van der Waals surface area contributed by atoms with Crippen LogP contribution in [0.1, 0.15) is 20.7 Å². The van der Waals surface area contributed by atoms with Crippen LogP contribution in [-0.4, -0.2) is 88.4 Å². The molecule has 2 aromatic rings. The Balaban J connectivity index is 1.28. The number of hydrogen-bond donors (Lipinski definition) is 2. The first-order chi connectivity index (χ1) is 16.5. The summed E-state index contributed by atoms with van der Waals surface area (Å²) in [6, 6.07) is 6.68.